The third-order valence-corrected chi connectivity index (χ3v) is 4.77. The van der Waals surface area contributed by atoms with Crippen LogP contribution in [0.4, 0.5) is 0 Å². The molecule has 0 amide bonds. The fourth-order valence-electron chi connectivity index (χ4n) is 3.12. The highest BCUT2D eigenvalue weighted by Crippen LogP contribution is 2.27. The standard InChI is InChI=1S/C14H25ClN4/c1-4-19-13(14(15)11(3)17-19)9-18-7-5-6-10(2)12(18)8-16/h10,12H,4-9,16H2,1-3H3. The highest BCUT2D eigenvalue weighted by atomic mass is 35.5. The van der Waals surface area contributed by atoms with Crippen molar-refractivity contribution in [3.63, 3.8) is 0 Å². The van der Waals surface area contributed by atoms with E-state index in [9.17, 15) is 0 Å². The van der Waals surface area contributed by atoms with Gasteiger partial charge >= 0.3 is 0 Å². The molecule has 108 valence electrons. The lowest BCUT2D eigenvalue weighted by Gasteiger charge is -2.39. The number of likely N-dealkylation sites (tertiary alicyclic amines) is 1. The summed E-state index contributed by atoms with van der Waals surface area (Å²) in [6.07, 6.45) is 2.52. The number of rotatable bonds is 4. The zero-order valence-electron chi connectivity index (χ0n) is 12.2. The average Bonchev–Trinajstić information content (AvgIpc) is 2.67. The molecule has 2 N–H and O–H groups in total. The molecule has 1 aliphatic rings. The highest BCUT2D eigenvalue weighted by Gasteiger charge is 2.28. The second kappa shape index (κ2) is 6.25. The highest BCUT2D eigenvalue weighted by molar-refractivity contribution is 6.31. The molecular weight excluding hydrogens is 260 g/mol. The van der Waals surface area contributed by atoms with Crippen LogP contribution in [-0.4, -0.2) is 33.8 Å². The third-order valence-electron chi connectivity index (χ3n) is 4.28. The van der Waals surface area contributed by atoms with E-state index in [1.807, 2.05) is 11.6 Å². The number of nitrogens with two attached hydrogens (primary N) is 1. The summed E-state index contributed by atoms with van der Waals surface area (Å²) in [5, 5.41) is 5.31. The molecule has 0 bridgehead atoms. The average molecular weight is 285 g/mol. The summed E-state index contributed by atoms with van der Waals surface area (Å²) in [7, 11) is 0. The van der Waals surface area contributed by atoms with Gasteiger partial charge in [-0.2, -0.15) is 5.10 Å². The Morgan fingerprint density at radius 2 is 2.21 bits per heavy atom. The zero-order chi connectivity index (χ0) is 14.0. The monoisotopic (exact) mass is 284 g/mol. The van der Waals surface area contributed by atoms with Crippen molar-refractivity contribution < 1.29 is 0 Å². The second-order valence-electron chi connectivity index (χ2n) is 5.55. The first-order valence-electron chi connectivity index (χ1n) is 7.24. The fourth-order valence-corrected chi connectivity index (χ4v) is 3.32. The van der Waals surface area contributed by atoms with Crippen LogP contribution in [0.1, 0.15) is 38.1 Å². The Labute approximate surface area is 120 Å². The summed E-state index contributed by atoms with van der Waals surface area (Å²) in [4.78, 5) is 2.47. The maximum absolute atomic E-state index is 6.40. The molecule has 0 aliphatic carbocycles. The van der Waals surface area contributed by atoms with Gasteiger partial charge in [-0.05, 0) is 39.2 Å². The van der Waals surface area contributed by atoms with Crippen LogP contribution in [0, 0.1) is 12.8 Å². The predicted molar refractivity (Wildman–Crippen MR) is 79.3 cm³/mol. The van der Waals surface area contributed by atoms with Crippen LogP contribution in [0.2, 0.25) is 5.02 Å². The number of nitrogens with zero attached hydrogens (tertiary/aromatic N) is 3. The normalized spacial score (nSPS) is 24.9. The predicted octanol–water partition coefficient (Wildman–Crippen LogP) is 2.42. The molecule has 1 aromatic heterocycles. The van der Waals surface area contributed by atoms with Crippen LogP contribution < -0.4 is 5.73 Å². The minimum absolute atomic E-state index is 0.463. The number of hydrogen-bond acceptors (Lipinski definition) is 3. The quantitative estimate of drug-likeness (QED) is 0.924. The SMILES string of the molecule is CCn1nc(C)c(Cl)c1CN1CCCC(C)C1CN. The Morgan fingerprint density at radius 3 is 2.84 bits per heavy atom. The topological polar surface area (TPSA) is 47.1 Å². The third kappa shape index (κ3) is 2.96. The van der Waals surface area contributed by atoms with E-state index >= 15 is 0 Å². The van der Waals surface area contributed by atoms with Crippen molar-refractivity contribution in [1.82, 2.24) is 14.7 Å². The van der Waals surface area contributed by atoms with E-state index < -0.39 is 0 Å². The molecule has 2 heterocycles. The minimum Gasteiger partial charge on any atom is -0.329 e. The molecule has 1 aromatic rings. The van der Waals surface area contributed by atoms with Crippen molar-refractivity contribution >= 4 is 11.6 Å². The van der Waals surface area contributed by atoms with Gasteiger partial charge in [0.25, 0.3) is 0 Å². The van der Waals surface area contributed by atoms with Crippen molar-refractivity contribution in [3.05, 3.63) is 16.4 Å². The molecular formula is C14H25ClN4. The van der Waals surface area contributed by atoms with Crippen LogP contribution in [0.3, 0.4) is 0 Å². The molecule has 0 saturated carbocycles. The molecule has 2 rings (SSSR count). The van der Waals surface area contributed by atoms with Gasteiger partial charge in [0.1, 0.15) is 0 Å². The number of aryl methyl sites for hydroxylation is 2. The van der Waals surface area contributed by atoms with Gasteiger partial charge in [-0.25, -0.2) is 0 Å². The van der Waals surface area contributed by atoms with Crippen LogP contribution in [0.5, 0.6) is 0 Å². The van der Waals surface area contributed by atoms with E-state index in [2.05, 4.69) is 23.8 Å². The van der Waals surface area contributed by atoms with Crippen molar-refractivity contribution in [3.8, 4) is 0 Å². The van der Waals surface area contributed by atoms with Gasteiger partial charge in [0.15, 0.2) is 0 Å². The first-order valence-corrected chi connectivity index (χ1v) is 7.62. The Morgan fingerprint density at radius 1 is 1.47 bits per heavy atom. The summed E-state index contributed by atoms with van der Waals surface area (Å²) in [6, 6.07) is 0.463. The molecule has 1 aliphatic heterocycles. The van der Waals surface area contributed by atoms with E-state index in [-0.39, 0.29) is 0 Å². The first-order chi connectivity index (χ1) is 9.08. The molecule has 0 spiro atoms. The Kier molecular flexibility index (Phi) is 4.87. The maximum atomic E-state index is 6.40. The maximum Gasteiger partial charge on any atom is 0.0860 e. The van der Waals surface area contributed by atoms with Gasteiger partial charge in [-0.1, -0.05) is 18.5 Å². The van der Waals surface area contributed by atoms with Gasteiger partial charge in [-0.3, -0.25) is 9.58 Å². The number of halogens is 1. The van der Waals surface area contributed by atoms with E-state index in [1.165, 1.54) is 12.8 Å². The van der Waals surface area contributed by atoms with Gasteiger partial charge in [0.2, 0.25) is 0 Å². The van der Waals surface area contributed by atoms with E-state index in [4.69, 9.17) is 17.3 Å². The molecule has 1 saturated heterocycles. The lowest BCUT2D eigenvalue weighted by atomic mass is 9.90. The number of aromatic nitrogens is 2. The van der Waals surface area contributed by atoms with E-state index in [0.29, 0.717) is 12.0 Å². The van der Waals surface area contributed by atoms with Crippen LogP contribution in [0.15, 0.2) is 0 Å². The van der Waals surface area contributed by atoms with E-state index in [0.717, 1.165) is 42.6 Å². The molecule has 19 heavy (non-hydrogen) atoms. The van der Waals surface area contributed by atoms with Crippen molar-refractivity contribution in [2.24, 2.45) is 11.7 Å². The molecule has 0 radical (unpaired) electrons. The number of hydrogen-bond donors (Lipinski definition) is 1. The molecule has 0 aromatic carbocycles. The molecule has 5 heteroatoms. The van der Waals surface area contributed by atoms with Gasteiger partial charge in [0.05, 0.1) is 16.4 Å². The summed E-state index contributed by atoms with van der Waals surface area (Å²) in [5.74, 6) is 0.664. The molecule has 2 unspecified atom stereocenters. The lowest BCUT2D eigenvalue weighted by molar-refractivity contribution is 0.0962. The second-order valence-corrected chi connectivity index (χ2v) is 5.93. The van der Waals surface area contributed by atoms with Gasteiger partial charge < -0.3 is 5.73 Å². The number of piperidine rings is 1. The first kappa shape index (κ1) is 14.8. The van der Waals surface area contributed by atoms with Crippen LogP contribution in [-0.2, 0) is 13.1 Å². The van der Waals surface area contributed by atoms with Crippen LogP contribution >= 0.6 is 11.6 Å². The van der Waals surface area contributed by atoms with Crippen molar-refractivity contribution in [1.29, 1.82) is 0 Å². The zero-order valence-corrected chi connectivity index (χ0v) is 13.0. The molecule has 2 atom stereocenters. The molecule has 1 fully saturated rings. The largest absolute Gasteiger partial charge is 0.329 e. The fraction of sp³-hybridized carbons (Fsp3) is 0.786. The Bertz CT molecular complexity index is 429. The smallest absolute Gasteiger partial charge is 0.0860 e. The van der Waals surface area contributed by atoms with Gasteiger partial charge in [-0.15, -0.1) is 0 Å². The minimum atomic E-state index is 0.463. The summed E-state index contributed by atoms with van der Waals surface area (Å²) < 4.78 is 2.02. The Balaban J connectivity index is 2.20. The van der Waals surface area contributed by atoms with Crippen molar-refractivity contribution in [2.75, 3.05) is 13.1 Å². The lowest BCUT2D eigenvalue weighted by Crippen LogP contribution is -2.48. The Hall–Kier alpha value is -0.580. The molecule has 4 nitrogen and oxygen atoms in total. The summed E-state index contributed by atoms with van der Waals surface area (Å²) in [6.45, 7) is 9.92. The van der Waals surface area contributed by atoms with Gasteiger partial charge in [0, 0.05) is 25.7 Å². The summed E-state index contributed by atoms with van der Waals surface area (Å²) in [5.41, 5.74) is 8.01. The van der Waals surface area contributed by atoms with Crippen LogP contribution in [0.25, 0.3) is 0 Å². The van der Waals surface area contributed by atoms with E-state index in [1.54, 1.807) is 0 Å². The summed E-state index contributed by atoms with van der Waals surface area (Å²) >= 11 is 6.40. The van der Waals surface area contributed by atoms with Crippen molar-refractivity contribution in [2.45, 2.75) is 52.7 Å².